The molecule has 2 aromatic rings. The maximum absolute atomic E-state index is 13.7. The predicted molar refractivity (Wildman–Crippen MR) is 78.1 cm³/mol. The van der Waals surface area contributed by atoms with Crippen LogP contribution >= 0.6 is 0 Å². The van der Waals surface area contributed by atoms with E-state index >= 15 is 0 Å². The minimum atomic E-state index is -0.509. The summed E-state index contributed by atoms with van der Waals surface area (Å²) in [5, 5.41) is 20.4. The Kier molecular flexibility index (Phi) is 4.93. The number of hydrogen-bond donors (Lipinski definition) is 2. The smallest absolute Gasteiger partial charge is 0.134 e. The standard InChI is InChI=1S/C14H13FO2.C2H6/c1-3-8-5-9(16)6-11-13(17)7-12(15)10(4-2)14(8)11;1-2/h4-7,16-17H,2-3H2,1H3;1-2H3. The molecular formula is C16H19FO2. The summed E-state index contributed by atoms with van der Waals surface area (Å²) in [5.74, 6) is -0.620. The van der Waals surface area contributed by atoms with Gasteiger partial charge in [0.15, 0.2) is 0 Å². The molecule has 2 N–H and O–H groups in total. The van der Waals surface area contributed by atoms with Crippen molar-refractivity contribution in [1.29, 1.82) is 0 Å². The van der Waals surface area contributed by atoms with Crippen LogP contribution in [0.1, 0.15) is 31.9 Å². The van der Waals surface area contributed by atoms with E-state index in [9.17, 15) is 14.6 Å². The lowest BCUT2D eigenvalue weighted by molar-refractivity contribution is 0.468. The van der Waals surface area contributed by atoms with Crippen molar-refractivity contribution in [2.75, 3.05) is 0 Å². The van der Waals surface area contributed by atoms with Gasteiger partial charge in [-0.15, -0.1) is 0 Å². The quantitative estimate of drug-likeness (QED) is 0.829. The highest BCUT2D eigenvalue weighted by molar-refractivity contribution is 5.98. The molecule has 0 saturated carbocycles. The molecule has 0 amide bonds. The van der Waals surface area contributed by atoms with Crippen molar-refractivity contribution in [2.24, 2.45) is 0 Å². The molecule has 0 atom stereocenters. The Morgan fingerprint density at radius 1 is 1.21 bits per heavy atom. The third-order valence-corrected chi connectivity index (χ3v) is 2.86. The molecule has 2 aromatic carbocycles. The largest absolute Gasteiger partial charge is 0.508 e. The monoisotopic (exact) mass is 262 g/mol. The van der Waals surface area contributed by atoms with Crippen LogP contribution in [0.25, 0.3) is 16.8 Å². The first kappa shape index (κ1) is 15.0. The molecule has 19 heavy (non-hydrogen) atoms. The van der Waals surface area contributed by atoms with Gasteiger partial charge in [-0.3, -0.25) is 0 Å². The van der Waals surface area contributed by atoms with Gasteiger partial charge in [0.25, 0.3) is 0 Å². The van der Waals surface area contributed by atoms with Crippen molar-refractivity contribution in [1.82, 2.24) is 0 Å². The van der Waals surface area contributed by atoms with Crippen molar-refractivity contribution in [3.05, 3.63) is 41.7 Å². The Balaban J connectivity index is 0.000000861. The molecule has 0 aromatic heterocycles. The first-order chi connectivity index (χ1) is 9.08. The van der Waals surface area contributed by atoms with Gasteiger partial charge in [-0.2, -0.15) is 0 Å². The number of aryl methyl sites for hydroxylation is 1. The van der Waals surface area contributed by atoms with E-state index < -0.39 is 5.82 Å². The summed E-state index contributed by atoms with van der Waals surface area (Å²) < 4.78 is 13.7. The van der Waals surface area contributed by atoms with E-state index in [1.807, 2.05) is 20.8 Å². The van der Waals surface area contributed by atoms with Crippen LogP contribution in [0.3, 0.4) is 0 Å². The summed E-state index contributed by atoms with van der Waals surface area (Å²) in [4.78, 5) is 0. The lowest BCUT2D eigenvalue weighted by atomic mass is 9.96. The second kappa shape index (κ2) is 6.23. The van der Waals surface area contributed by atoms with E-state index in [-0.39, 0.29) is 11.5 Å². The number of rotatable bonds is 2. The Bertz CT molecular complexity index is 603. The van der Waals surface area contributed by atoms with Crippen LogP contribution < -0.4 is 0 Å². The minimum Gasteiger partial charge on any atom is -0.508 e. The van der Waals surface area contributed by atoms with Crippen LogP contribution in [-0.4, -0.2) is 10.2 Å². The van der Waals surface area contributed by atoms with E-state index in [1.165, 1.54) is 12.1 Å². The zero-order valence-corrected chi connectivity index (χ0v) is 11.5. The van der Waals surface area contributed by atoms with Gasteiger partial charge in [-0.25, -0.2) is 4.39 Å². The van der Waals surface area contributed by atoms with Gasteiger partial charge in [-0.05, 0) is 29.5 Å². The maximum atomic E-state index is 13.7. The number of phenols is 2. The first-order valence-electron chi connectivity index (χ1n) is 6.38. The minimum absolute atomic E-state index is 0.0614. The maximum Gasteiger partial charge on any atom is 0.134 e. The molecule has 0 aliphatic rings. The highest BCUT2D eigenvalue weighted by Gasteiger charge is 2.13. The topological polar surface area (TPSA) is 40.5 Å². The summed E-state index contributed by atoms with van der Waals surface area (Å²) in [6, 6.07) is 4.04. The molecule has 2 nitrogen and oxygen atoms in total. The summed E-state index contributed by atoms with van der Waals surface area (Å²) in [6.07, 6.45) is 2.06. The van der Waals surface area contributed by atoms with Crippen LogP contribution in [0.2, 0.25) is 0 Å². The number of phenolic OH excluding ortho intramolecular Hbond substituents is 2. The Hall–Kier alpha value is -2.03. The van der Waals surface area contributed by atoms with Gasteiger partial charge in [0.05, 0.1) is 0 Å². The van der Waals surface area contributed by atoms with Crippen LogP contribution in [0.15, 0.2) is 24.8 Å². The number of aromatic hydroxyl groups is 2. The summed E-state index contributed by atoms with van der Waals surface area (Å²) in [6.45, 7) is 9.49. The molecule has 0 radical (unpaired) electrons. The second-order valence-electron chi connectivity index (χ2n) is 3.88. The molecule has 0 saturated heterocycles. The van der Waals surface area contributed by atoms with Gasteiger partial charge in [0.2, 0.25) is 0 Å². The van der Waals surface area contributed by atoms with Gasteiger partial charge in [-0.1, -0.05) is 33.4 Å². The van der Waals surface area contributed by atoms with E-state index in [1.54, 1.807) is 6.07 Å². The zero-order valence-electron chi connectivity index (χ0n) is 11.5. The number of fused-ring (bicyclic) bond motifs is 1. The molecule has 0 unspecified atom stereocenters. The molecule has 0 fully saturated rings. The van der Waals surface area contributed by atoms with Gasteiger partial charge in [0, 0.05) is 17.0 Å². The third-order valence-electron chi connectivity index (χ3n) is 2.86. The van der Waals surface area contributed by atoms with E-state index in [2.05, 4.69) is 6.58 Å². The van der Waals surface area contributed by atoms with E-state index in [0.29, 0.717) is 22.8 Å². The molecule has 0 aliphatic carbocycles. The van der Waals surface area contributed by atoms with Crippen LogP contribution in [-0.2, 0) is 6.42 Å². The Labute approximate surface area is 112 Å². The fraction of sp³-hybridized carbons (Fsp3) is 0.250. The number of benzene rings is 2. The summed E-state index contributed by atoms with van der Waals surface area (Å²) in [5.41, 5.74) is 1.14. The van der Waals surface area contributed by atoms with E-state index in [0.717, 1.165) is 11.6 Å². The van der Waals surface area contributed by atoms with Crippen LogP contribution in [0.5, 0.6) is 11.5 Å². The zero-order chi connectivity index (χ0) is 14.6. The van der Waals surface area contributed by atoms with Crippen LogP contribution in [0, 0.1) is 5.82 Å². The predicted octanol–water partition coefficient (Wildman–Crippen LogP) is 4.62. The summed E-state index contributed by atoms with van der Waals surface area (Å²) >= 11 is 0. The second-order valence-corrected chi connectivity index (χ2v) is 3.88. The molecule has 102 valence electrons. The van der Waals surface area contributed by atoms with E-state index in [4.69, 9.17) is 0 Å². The van der Waals surface area contributed by atoms with Gasteiger partial charge < -0.3 is 10.2 Å². The highest BCUT2D eigenvalue weighted by atomic mass is 19.1. The SMILES string of the molecule is C=Cc1c(F)cc(O)c2cc(O)cc(CC)c12.CC. The Morgan fingerprint density at radius 3 is 2.37 bits per heavy atom. The highest BCUT2D eigenvalue weighted by Crippen LogP contribution is 2.36. The van der Waals surface area contributed by atoms with Gasteiger partial charge >= 0.3 is 0 Å². The fourth-order valence-corrected chi connectivity index (χ4v) is 2.08. The first-order valence-corrected chi connectivity index (χ1v) is 6.38. The normalized spacial score (nSPS) is 9.89. The third kappa shape index (κ3) is 2.70. The van der Waals surface area contributed by atoms with Crippen molar-refractivity contribution < 1.29 is 14.6 Å². The lowest BCUT2D eigenvalue weighted by Gasteiger charge is -2.11. The number of halogens is 1. The van der Waals surface area contributed by atoms with Crippen molar-refractivity contribution in [3.8, 4) is 11.5 Å². The molecule has 0 bridgehead atoms. The molecule has 0 heterocycles. The average Bonchev–Trinajstić information content (AvgIpc) is 2.41. The molecular weight excluding hydrogens is 243 g/mol. The van der Waals surface area contributed by atoms with Gasteiger partial charge in [0.1, 0.15) is 17.3 Å². The number of hydrogen-bond acceptors (Lipinski definition) is 2. The lowest BCUT2D eigenvalue weighted by Crippen LogP contribution is -1.91. The fourth-order valence-electron chi connectivity index (χ4n) is 2.08. The molecule has 0 spiro atoms. The Morgan fingerprint density at radius 2 is 1.84 bits per heavy atom. The summed E-state index contributed by atoms with van der Waals surface area (Å²) in [7, 11) is 0. The molecule has 0 aliphatic heterocycles. The van der Waals surface area contributed by atoms with Crippen molar-refractivity contribution in [3.63, 3.8) is 0 Å². The van der Waals surface area contributed by atoms with Crippen molar-refractivity contribution in [2.45, 2.75) is 27.2 Å². The average molecular weight is 262 g/mol. The molecule has 3 heteroatoms. The van der Waals surface area contributed by atoms with Crippen molar-refractivity contribution >= 4 is 16.8 Å². The van der Waals surface area contributed by atoms with Crippen LogP contribution in [0.4, 0.5) is 4.39 Å². The molecule has 2 rings (SSSR count).